The predicted molar refractivity (Wildman–Crippen MR) is 158 cm³/mol. The van der Waals surface area contributed by atoms with Crippen molar-refractivity contribution in [3.63, 3.8) is 0 Å². The van der Waals surface area contributed by atoms with Gasteiger partial charge in [-0.25, -0.2) is 0 Å². The van der Waals surface area contributed by atoms with Gasteiger partial charge in [-0.05, 0) is 118 Å². The molecule has 0 unspecified atom stereocenters. The number of aryl methyl sites for hydroxylation is 4. The van der Waals surface area contributed by atoms with Crippen molar-refractivity contribution < 1.29 is 9.59 Å². The molecule has 0 saturated carbocycles. The molecule has 5 nitrogen and oxygen atoms in total. The van der Waals surface area contributed by atoms with Crippen LogP contribution in [-0.4, -0.2) is 21.5 Å². The van der Waals surface area contributed by atoms with Crippen LogP contribution in [0.2, 0.25) is 0 Å². The van der Waals surface area contributed by atoms with E-state index in [0.717, 1.165) is 39.3 Å². The molecular weight excluding hydrogens is 490 g/mol. The molecule has 38 heavy (non-hydrogen) atoms. The summed E-state index contributed by atoms with van der Waals surface area (Å²) in [5.41, 5.74) is 8.40. The minimum atomic E-state index is -0.438. The Bertz CT molecular complexity index is 1630. The summed E-state index contributed by atoms with van der Waals surface area (Å²) in [4.78, 5) is 30.7. The number of carbonyl (C=O) groups excluding carboxylic acids is 2. The molecule has 6 heteroatoms. The van der Waals surface area contributed by atoms with E-state index >= 15 is 0 Å². The SMILES string of the molecule is Cc1cccc(-n2c(C)cc(/C=C3/C(=O)N(c4ccccc4)C(=S)N(c4ccc(C)c(C)c4)C3=O)c2C)c1. The van der Waals surface area contributed by atoms with Crippen molar-refractivity contribution >= 4 is 46.6 Å². The highest BCUT2D eigenvalue weighted by atomic mass is 32.1. The monoisotopic (exact) mass is 519 g/mol. The number of hydrogen-bond acceptors (Lipinski definition) is 3. The molecule has 1 saturated heterocycles. The normalized spacial score (nSPS) is 15.1. The summed E-state index contributed by atoms with van der Waals surface area (Å²) in [5, 5.41) is 0.136. The first kappa shape index (κ1) is 25.4. The van der Waals surface area contributed by atoms with Gasteiger partial charge >= 0.3 is 0 Å². The summed E-state index contributed by atoms with van der Waals surface area (Å²) in [7, 11) is 0. The first-order valence-corrected chi connectivity index (χ1v) is 12.9. The molecule has 2 heterocycles. The number of rotatable bonds is 4. The fraction of sp³-hybridized carbons (Fsp3) is 0.156. The van der Waals surface area contributed by atoms with Crippen LogP contribution in [0, 0.1) is 34.6 Å². The zero-order valence-electron chi connectivity index (χ0n) is 22.1. The molecule has 2 amide bonds. The molecule has 1 aliphatic heterocycles. The van der Waals surface area contributed by atoms with Crippen LogP contribution in [0.4, 0.5) is 11.4 Å². The van der Waals surface area contributed by atoms with Gasteiger partial charge in [-0.15, -0.1) is 0 Å². The van der Waals surface area contributed by atoms with Crippen LogP contribution in [0.1, 0.15) is 33.6 Å². The maximum absolute atomic E-state index is 14.0. The van der Waals surface area contributed by atoms with E-state index in [1.165, 1.54) is 9.80 Å². The van der Waals surface area contributed by atoms with Gasteiger partial charge in [0, 0.05) is 17.1 Å². The summed E-state index contributed by atoms with van der Waals surface area (Å²) >= 11 is 5.77. The molecule has 0 spiro atoms. The van der Waals surface area contributed by atoms with Crippen molar-refractivity contribution in [2.75, 3.05) is 9.80 Å². The minimum Gasteiger partial charge on any atom is -0.318 e. The number of aromatic nitrogens is 1. The molecule has 190 valence electrons. The molecule has 3 aromatic carbocycles. The van der Waals surface area contributed by atoms with Crippen LogP contribution in [0.15, 0.2) is 84.4 Å². The molecular formula is C32H29N3O2S. The number of benzene rings is 3. The Morgan fingerprint density at radius 1 is 0.658 bits per heavy atom. The second kappa shape index (κ2) is 9.88. The van der Waals surface area contributed by atoms with E-state index < -0.39 is 11.8 Å². The van der Waals surface area contributed by atoms with E-state index in [1.54, 1.807) is 6.08 Å². The van der Waals surface area contributed by atoms with Crippen molar-refractivity contribution in [3.8, 4) is 5.69 Å². The number of hydrogen-bond donors (Lipinski definition) is 0. The first-order valence-electron chi connectivity index (χ1n) is 12.5. The van der Waals surface area contributed by atoms with Crippen molar-refractivity contribution in [3.05, 3.63) is 118 Å². The quantitative estimate of drug-likeness (QED) is 0.170. The third-order valence-corrected chi connectivity index (χ3v) is 7.41. The van der Waals surface area contributed by atoms with Gasteiger partial charge in [0.25, 0.3) is 11.8 Å². The zero-order chi connectivity index (χ0) is 27.1. The standard InChI is InChI=1S/C32H29N3O2S/c1-20-10-9-13-27(16-20)33-23(4)18-25(24(33)5)19-29-30(36)34(26-11-7-6-8-12-26)32(38)35(31(29)37)28-15-14-21(2)22(3)17-28/h6-19H,1-5H3/b29-19-. The Morgan fingerprint density at radius 2 is 1.32 bits per heavy atom. The third-order valence-electron chi connectivity index (χ3n) is 7.04. The van der Waals surface area contributed by atoms with Crippen LogP contribution in [0.5, 0.6) is 0 Å². The number of amides is 2. The molecule has 0 radical (unpaired) electrons. The molecule has 0 aliphatic carbocycles. The summed E-state index contributed by atoms with van der Waals surface area (Å²) in [6.45, 7) is 10.1. The molecule has 0 atom stereocenters. The van der Waals surface area contributed by atoms with Crippen molar-refractivity contribution in [1.82, 2.24) is 4.57 Å². The van der Waals surface area contributed by atoms with Gasteiger partial charge in [0.1, 0.15) is 5.57 Å². The van der Waals surface area contributed by atoms with Gasteiger partial charge < -0.3 is 4.57 Å². The molecule has 0 N–H and O–H groups in total. The van der Waals surface area contributed by atoms with Crippen molar-refractivity contribution in [1.29, 1.82) is 0 Å². The second-order valence-corrected chi connectivity index (χ2v) is 10.1. The molecule has 1 aromatic heterocycles. The Balaban J connectivity index is 1.67. The van der Waals surface area contributed by atoms with E-state index in [-0.39, 0.29) is 10.7 Å². The predicted octanol–water partition coefficient (Wildman–Crippen LogP) is 6.77. The van der Waals surface area contributed by atoms with Crippen LogP contribution in [0.25, 0.3) is 11.8 Å². The lowest BCUT2D eigenvalue weighted by atomic mass is 10.0. The first-order chi connectivity index (χ1) is 18.2. The van der Waals surface area contributed by atoms with E-state index in [0.29, 0.717) is 11.4 Å². The number of nitrogens with zero attached hydrogens (tertiary/aromatic N) is 3. The highest BCUT2D eigenvalue weighted by molar-refractivity contribution is 7.81. The second-order valence-electron chi connectivity index (χ2n) is 9.73. The summed E-state index contributed by atoms with van der Waals surface area (Å²) < 4.78 is 2.14. The summed E-state index contributed by atoms with van der Waals surface area (Å²) in [6, 6.07) is 25.2. The maximum atomic E-state index is 14.0. The Hall–Kier alpha value is -4.29. The van der Waals surface area contributed by atoms with E-state index in [2.05, 4.69) is 29.7 Å². The average molecular weight is 520 g/mol. The number of anilines is 2. The Labute approximate surface area is 228 Å². The summed E-state index contributed by atoms with van der Waals surface area (Å²) in [6.07, 6.45) is 1.70. The topological polar surface area (TPSA) is 45.6 Å². The van der Waals surface area contributed by atoms with Crippen molar-refractivity contribution in [2.24, 2.45) is 0 Å². The van der Waals surface area contributed by atoms with E-state index in [1.807, 2.05) is 88.4 Å². The largest absolute Gasteiger partial charge is 0.318 e. The number of thiocarbonyl (C=S) groups is 1. The number of carbonyl (C=O) groups is 2. The molecule has 0 bridgehead atoms. The lowest BCUT2D eigenvalue weighted by molar-refractivity contribution is -0.120. The molecule has 1 aliphatic rings. The lowest BCUT2D eigenvalue weighted by Crippen LogP contribution is -2.57. The van der Waals surface area contributed by atoms with Gasteiger partial charge in [-0.3, -0.25) is 19.4 Å². The maximum Gasteiger partial charge on any atom is 0.270 e. The highest BCUT2D eigenvalue weighted by Gasteiger charge is 2.41. The minimum absolute atomic E-state index is 0.0603. The van der Waals surface area contributed by atoms with Crippen molar-refractivity contribution in [2.45, 2.75) is 34.6 Å². The van der Waals surface area contributed by atoms with E-state index in [4.69, 9.17) is 12.2 Å². The van der Waals surface area contributed by atoms with Crippen LogP contribution in [0.3, 0.4) is 0 Å². The highest BCUT2D eigenvalue weighted by Crippen LogP contribution is 2.32. The lowest BCUT2D eigenvalue weighted by Gasteiger charge is -2.36. The van der Waals surface area contributed by atoms with Crippen LogP contribution < -0.4 is 9.80 Å². The summed E-state index contributed by atoms with van der Waals surface area (Å²) in [5.74, 6) is -0.873. The average Bonchev–Trinajstić information content (AvgIpc) is 3.17. The van der Waals surface area contributed by atoms with E-state index in [9.17, 15) is 9.59 Å². The molecule has 4 aromatic rings. The van der Waals surface area contributed by atoms with Crippen LogP contribution >= 0.6 is 12.2 Å². The Kier molecular flexibility index (Phi) is 6.59. The fourth-order valence-corrected chi connectivity index (χ4v) is 5.26. The third kappa shape index (κ3) is 4.37. The van der Waals surface area contributed by atoms with Gasteiger partial charge in [0.2, 0.25) is 0 Å². The van der Waals surface area contributed by atoms with Crippen LogP contribution in [-0.2, 0) is 9.59 Å². The van der Waals surface area contributed by atoms with Gasteiger partial charge in [-0.2, -0.15) is 0 Å². The number of para-hydroxylation sites is 1. The van der Waals surface area contributed by atoms with Gasteiger partial charge in [0.15, 0.2) is 5.11 Å². The molecule has 1 fully saturated rings. The van der Waals surface area contributed by atoms with Gasteiger partial charge in [-0.1, -0.05) is 36.4 Å². The smallest absolute Gasteiger partial charge is 0.270 e. The zero-order valence-corrected chi connectivity index (χ0v) is 23.0. The molecule has 5 rings (SSSR count). The Morgan fingerprint density at radius 3 is 1.97 bits per heavy atom. The fourth-order valence-electron chi connectivity index (χ4n) is 4.88. The van der Waals surface area contributed by atoms with Gasteiger partial charge in [0.05, 0.1) is 11.4 Å².